The highest BCUT2D eigenvalue weighted by Gasteiger charge is 2.21. The average molecular weight is 319 g/mol. The Balaban J connectivity index is 2.78. The van der Waals surface area contributed by atoms with Gasteiger partial charge in [-0.25, -0.2) is 4.79 Å². The maximum atomic E-state index is 11.9. The van der Waals surface area contributed by atoms with Crippen LogP contribution in [0.25, 0.3) is 10.9 Å². The summed E-state index contributed by atoms with van der Waals surface area (Å²) in [5.74, 6) is -0.524. The van der Waals surface area contributed by atoms with Gasteiger partial charge >= 0.3 is 5.97 Å². The van der Waals surface area contributed by atoms with E-state index in [9.17, 15) is 14.7 Å². The van der Waals surface area contributed by atoms with Gasteiger partial charge in [-0.1, -0.05) is 0 Å². The molecule has 0 fully saturated rings. The lowest BCUT2D eigenvalue weighted by atomic mass is 10.2. The smallest absolute Gasteiger partial charge is 0.352 e. The van der Waals surface area contributed by atoms with Gasteiger partial charge in [0.1, 0.15) is 17.2 Å². The van der Waals surface area contributed by atoms with E-state index in [1.165, 1.54) is 13.0 Å². The molecule has 2 rings (SSSR count). The molecule has 0 atom stereocenters. The highest BCUT2D eigenvalue weighted by atomic mass is 16.5. The minimum atomic E-state index is -1.17. The molecule has 0 saturated heterocycles. The molecule has 0 spiro atoms. The van der Waals surface area contributed by atoms with Crippen molar-refractivity contribution in [2.24, 2.45) is 0 Å². The van der Waals surface area contributed by atoms with Gasteiger partial charge in [0.2, 0.25) is 5.91 Å². The van der Waals surface area contributed by atoms with Gasteiger partial charge in [-0.15, -0.1) is 0 Å². The van der Waals surface area contributed by atoms with Crippen molar-refractivity contribution in [3.8, 4) is 11.5 Å². The highest BCUT2D eigenvalue weighted by molar-refractivity contribution is 6.04. The largest absolute Gasteiger partial charge is 0.491 e. The maximum Gasteiger partial charge on any atom is 0.352 e. The zero-order chi connectivity index (χ0) is 17.3. The first-order valence-corrected chi connectivity index (χ1v) is 7.47. The molecule has 1 heterocycles. The number of fused-ring (bicyclic) bond motifs is 1. The monoisotopic (exact) mass is 319 g/mol. The predicted octanol–water partition coefficient (Wildman–Crippen LogP) is 3.57. The number of carboxylic acids is 1. The van der Waals surface area contributed by atoms with Crippen LogP contribution in [-0.2, 0) is 0 Å². The van der Waals surface area contributed by atoms with Gasteiger partial charge in [0.05, 0.1) is 17.7 Å². The van der Waals surface area contributed by atoms with Gasteiger partial charge in [-0.3, -0.25) is 9.36 Å². The fourth-order valence-corrected chi connectivity index (χ4v) is 2.44. The zero-order valence-electron chi connectivity index (χ0n) is 13.9. The Kier molecular flexibility index (Phi) is 4.63. The van der Waals surface area contributed by atoms with Gasteiger partial charge in [0.25, 0.3) is 0 Å². The topological polar surface area (TPSA) is 77.8 Å². The molecule has 0 unspecified atom stereocenters. The second-order valence-corrected chi connectivity index (χ2v) is 5.88. The van der Waals surface area contributed by atoms with Crippen LogP contribution in [0.3, 0.4) is 0 Å². The van der Waals surface area contributed by atoms with Crippen LogP contribution in [0.1, 0.15) is 49.9 Å². The van der Waals surface area contributed by atoms with E-state index in [2.05, 4.69) is 0 Å². The molecule has 0 aliphatic rings. The molecule has 23 heavy (non-hydrogen) atoms. The minimum Gasteiger partial charge on any atom is -0.491 e. The summed E-state index contributed by atoms with van der Waals surface area (Å²) in [6.07, 6.45) is -0.152. The van der Waals surface area contributed by atoms with Gasteiger partial charge in [-0.2, -0.15) is 0 Å². The number of carbonyl (C=O) groups is 2. The number of benzene rings is 1. The summed E-state index contributed by atoms with van der Waals surface area (Å²) in [5.41, 5.74) is 0.367. The highest BCUT2D eigenvalue weighted by Crippen LogP contribution is 2.35. The Hall–Kier alpha value is -2.50. The van der Waals surface area contributed by atoms with Gasteiger partial charge in [0.15, 0.2) is 0 Å². The van der Waals surface area contributed by atoms with E-state index in [1.807, 2.05) is 27.7 Å². The van der Waals surface area contributed by atoms with Crippen LogP contribution in [0, 0.1) is 0 Å². The molecule has 2 aromatic rings. The minimum absolute atomic E-state index is 0.0564. The predicted molar refractivity (Wildman–Crippen MR) is 86.7 cm³/mol. The third-order valence-electron chi connectivity index (χ3n) is 3.13. The Morgan fingerprint density at radius 1 is 1.04 bits per heavy atom. The van der Waals surface area contributed by atoms with Crippen molar-refractivity contribution in [3.63, 3.8) is 0 Å². The van der Waals surface area contributed by atoms with Crippen molar-refractivity contribution in [1.29, 1.82) is 0 Å². The molecule has 0 saturated carbocycles. The zero-order valence-corrected chi connectivity index (χ0v) is 13.9. The van der Waals surface area contributed by atoms with Crippen LogP contribution in [0.4, 0.5) is 0 Å². The van der Waals surface area contributed by atoms with E-state index in [-0.39, 0.29) is 23.8 Å². The first kappa shape index (κ1) is 16.9. The van der Waals surface area contributed by atoms with Gasteiger partial charge in [-0.05, 0) is 33.8 Å². The van der Waals surface area contributed by atoms with Crippen molar-refractivity contribution < 1.29 is 24.2 Å². The molecular weight excluding hydrogens is 298 g/mol. The molecule has 0 amide bonds. The Morgan fingerprint density at radius 3 is 2.13 bits per heavy atom. The quantitative estimate of drug-likeness (QED) is 0.911. The van der Waals surface area contributed by atoms with Crippen LogP contribution in [-0.4, -0.2) is 33.8 Å². The van der Waals surface area contributed by atoms with Crippen molar-refractivity contribution in [2.45, 2.75) is 46.8 Å². The van der Waals surface area contributed by atoms with Gasteiger partial charge in [0, 0.05) is 24.4 Å². The van der Waals surface area contributed by atoms with Crippen LogP contribution in [0.15, 0.2) is 18.2 Å². The van der Waals surface area contributed by atoms with E-state index in [0.717, 1.165) is 4.57 Å². The molecular formula is C17H21NO5. The summed E-state index contributed by atoms with van der Waals surface area (Å²) in [4.78, 5) is 23.4. The van der Waals surface area contributed by atoms with Gasteiger partial charge < -0.3 is 14.6 Å². The number of aromatic nitrogens is 1. The number of carbonyl (C=O) groups excluding carboxylic acids is 1. The molecule has 124 valence electrons. The molecule has 6 nitrogen and oxygen atoms in total. The lowest BCUT2D eigenvalue weighted by molar-refractivity contribution is 0.0676. The standard InChI is InChI=1S/C17H21NO5/c1-9(2)22-12-6-14-13(16(7-12)23-10(3)4)8-15(17(20)21)18(14)11(5)19/h6-10H,1-5H3,(H,20,21). The molecule has 0 bridgehead atoms. The van der Waals surface area contributed by atoms with Crippen LogP contribution >= 0.6 is 0 Å². The van der Waals surface area contributed by atoms with Crippen LogP contribution < -0.4 is 9.47 Å². The van der Waals surface area contributed by atoms with Crippen molar-refractivity contribution in [3.05, 3.63) is 23.9 Å². The SMILES string of the molecule is CC(=O)n1c(C(=O)O)cc2c(OC(C)C)cc(OC(C)C)cc21. The summed E-state index contributed by atoms with van der Waals surface area (Å²) in [5, 5.41) is 9.93. The summed E-state index contributed by atoms with van der Waals surface area (Å²) in [6, 6.07) is 4.84. The number of nitrogens with zero attached hydrogens (tertiary/aromatic N) is 1. The fourth-order valence-electron chi connectivity index (χ4n) is 2.44. The molecule has 1 aromatic heterocycles. The van der Waals surface area contributed by atoms with Crippen LogP contribution in [0.2, 0.25) is 0 Å². The number of hydrogen-bond acceptors (Lipinski definition) is 4. The van der Waals surface area contributed by atoms with Crippen molar-refractivity contribution >= 4 is 22.8 Å². The average Bonchev–Trinajstić information content (AvgIpc) is 2.76. The molecule has 6 heteroatoms. The Morgan fingerprint density at radius 2 is 1.65 bits per heavy atom. The number of ether oxygens (including phenoxy) is 2. The fraction of sp³-hybridized carbons (Fsp3) is 0.412. The summed E-state index contributed by atoms with van der Waals surface area (Å²) in [6.45, 7) is 8.86. The first-order chi connectivity index (χ1) is 10.7. The second kappa shape index (κ2) is 6.32. The third kappa shape index (κ3) is 3.47. The normalized spacial score (nSPS) is 11.3. The number of hydrogen-bond donors (Lipinski definition) is 1. The Labute approximate surface area is 134 Å². The van der Waals surface area contributed by atoms with Crippen molar-refractivity contribution in [1.82, 2.24) is 4.57 Å². The van der Waals surface area contributed by atoms with E-state index >= 15 is 0 Å². The number of aromatic carboxylic acids is 1. The lowest BCUT2D eigenvalue weighted by Gasteiger charge is -2.15. The number of carboxylic acid groups (broad SMARTS) is 1. The lowest BCUT2D eigenvalue weighted by Crippen LogP contribution is -2.13. The van der Waals surface area contributed by atoms with E-state index in [0.29, 0.717) is 22.4 Å². The first-order valence-electron chi connectivity index (χ1n) is 7.47. The molecule has 1 aromatic carbocycles. The van der Waals surface area contributed by atoms with E-state index < -0.39 is 5.97 Å². The second-order valence-electron chi connectivity index (χ2n) is 5.88. The molecule has 0 aliphatic carbocycles. The summed E-state index contributed by atoms with van der Waals surface area (Å²) in [7, 11) is 0. The van der Waals surface area contributed by atoms with Crippen molar-refractivity contribution in [2.75, 3.05) is 0 Å². The number of rotatable bonds is 5. The van der Waals surface area contributed by atoms with E-state index in [1.54, 1.807) is 12.1 Å². The third-order valence-corrected chi connectivity index (χ3v) is 3.13. The molecule has 0 aliphatic heterocycles. The maximum absolute atomic E-state index is 11.9. The summed E-state index contributed by atoms with van der Waals surface area (Å²) >= 11 is 0. The van der Waals surface area contributed by atoms with E-state index in [4.69, 9.17) is 9.47 Å². The van der Waals surface area contributed by atoms with Crippen LogP contribution in [0.5, 0.6) is 11.5 Å². The molecule has 0 radical (unpaired) electrons. The molecule has 1 N–H and O–H groups in total. The summed E-state index contributed by atoms with van der Waals surface area (Å²) < 4.78 is 12.6. The Bertz CT molecular complexity index is 758.